The Morgan fingerprint density at radius 1 is 0.839 bits per heavy atom. The van der Waals surface area contributed by atoms with E-state index in [9.17, 15) is 49.2 Å². The van der Waals surface area contributed by atoms with Crippen LogP contribution < -0.4 is 20.3 Å². The molecule has 3 saturated heterocycles. The number of allylic oxidation sites excluding steroid dienone is 1. The smallest absolute Gasteiger partial charge is 0.380 e. The number of halogens is 5. The number of piperazine rings is 2. The third-order valence-corrected chi connectivity index (χ3v) is 21.6. The highest BCUT2D eigenvalue weighted by atomic mass is 35.5. The average Bonchev–Trinajstić information content (AvgIpc) is 2.37. The van der Waals surface area contributed by atoms with Crippen LogP contribution in [0, 0.1) is 11.2 Å². The second-order valence-corrected chi connectivity index (χ2v) is 29.3. The van der Waals surface area contributed by atoms with Gasteiger partial charge in [0.2, 0.25) is 11.8 Å². The summed E-state index contributed by atoms with van der Waals surface area (Å²) in [4.78, 5) is 60.2. The molecule has 24 heteroatoms. The summed E-state index contributed by atoms with van der Waals surface area (Å²) in [7, 11) is -11.1. The predicted octanol–water partition coefficient (Wildman–Crippen LogP) is 10.00. The zero-order chi connectivity index (χ0) is 62.2. The third kappa shape index (κ3) is 14.6. The number of amides is 4. The number of sulfone groups is 1. The standard InChI is InChI=1S/C63H71ClF4N8O8S3/c1-40-34-73(35-41(2)75(40)37-44-14-20-52-53(58(44)65)38-76(61(52)80)55-22-23-57(77)70-60(55)79)27-25-47(39-85-49-8-6-5-7-9-49)69-54-21-19-50(32-56(54)86(81,82)63(66,67)68)87(83,84)71-59(78)43-12-17-48(18-13-43)74-30-28-72(29-31-74)36-45-33-62(3,4)26-24-51(45)42-10-15-46(64)16-11-42/h5-21,32,40-41,47,55,69H,22-31,33-39H2,1-4H3,(H,71,78)(H,70,77,79)/t40?,41?,47-,55?/m1/s1. The third-order valence-electron chi connectivity index (χ3n) is 17.3. The number of nitrogens with zero attached hydrogens (tertiary/aromatic N) is 5. The van der Waals surface area contributed by atoms with Crippen LogP contribution in [0.4, 0.5) is 28.9 Å². The number of hydrogen-bond acceptors (Lipinski definition) is 14. The second-order valence-electron chi connectivity index (χ2n) is 24.1. The Kier molecular flexibility index (Phi) is 19.0. The number of carbonyl (C=O) groups excluding carboxylic acids is 4. The van der Waals surface area contributed by atoms with Gasteiger partial charge in [0, 0.05) is 127 Å². The van der Waals surface area contributed by atoms with Crippen LogP contribution in [0.5, 0.6) is 0 Å². The number of fused-ring (bicyclic) bond motifs is 1. The van der Waals surface area contributed by atoms with E-state index in [-0.39, 0.29) is 65.9 Å². The largest absolute Gasteiger partial charge is 0.501 e. The first-order valence-corrected chi connectivity index (χ1v) is 33.5. The van der Waals surface area contributed by atoms with E-state index in [1.54, 1.807) is 24.3 Å². The molecule has 4 amide bonds. The normalized spacial score (nSPS) is 21.2. The fourth-order valence-corrected chi connectivity index (χ4v) is 15.7. The van der Waals surface area contributed by atoms with Gasteiger partial charge in [0.1, 0.15) is 16.8 Å². The molecule has 4 atom stereocenters. The van der Waals surface area contributed by atoms with Gasteiger partial charge >= 0.3 is 5.51 Å². The quantitative estimate of drug-likeness (QED) is 0.0402. The van der Waals surface area contributed by atoms with E-state index in [0.717, 1.165) is 61.6 Å². The van der Waals surface area contributed by atoms with Gasteiger partial charge in [-0.3, -0.25) is 34.3 Å². The van der Waals surface area contributed by atoms with Gasteiger partial charge in [-0.1, -0.05) is 67.4 Å². The number of nitrogens with one attached hydrogen (secondary N) is 3. The monoisotopic (exact) mass is 1270 g/mol. The van der Waals surface area contributed by atoms with Crippen LogP contribution in [0.2, 0.25) is 5.02 Å². The van der Waals surface area contributed by atoms with Crippen molar-refractivity contribution in [3.05, 3.63) is 153 Å². The number of sulfonamides is 1. The maximum absolute atomic E-state index is 16.3. The van der Waals surface area contributed by atoms with Crippen LogP contribution >= 0.6 is 23.4 Å². The first kappa shape index (κ1) is 63.7. The van der Waals surface area contributed by atoms with Crippen LogP contribution in [-0.4, -0.2) is 148 Å². The molecule has 0 aromatic heterocycles. The summed E-state index contributed by atoms with van der Waals surface area (Å²) in [6.07, 6.45) is 3.61. The zero-order valence-electron chi connectivity index (χ0n) is 48.8. The van der Waals surface area contributed by atoms with E-state index in [0.29, 0.717) is 55.8 Å². The fraction of sp³-hybridized carbons (Fsp3) is 0.429. The highest BCUT2D eigenvalue weighted by Crippen LogP contribution is 2.43. The molecule has 4 aliphatic heterocycles. The maximum atomic E-state index is 16.3. The topological polar surface area (TPSA) is 189 Å². The summed E-state index contributed by atoms with van der Waals surface area (Å²) >= 11 is 7.61. The molecule has 3 fully saturated rings. The molecule has 464 valence electrons. The molecule has 0 bridgehead atoms. The molecular weight excluding hydrogens is 1200 g/mol. The molecule has 87 heavy (non-hydrogen) atoms. The summed E-state index contributed by atoms with van der Waals surface area (Å²) in [6, 6.07) is 27.3. The lowest BCUT2D eigenvalue weighted by molar-refractivity contribution is -0.136. The number of anilines is 2. The number of benzene rings is 5. The molecule has 5 aromatic rings. The van der Waals surface area contributed by atoms with Crippen molar-refractivity contribution in [1.29, 1.82) is 0 Å². The zero-order valence-corrected chi connectivity index (χ0v) is 52.0. The highest BCUT2D eigenvalue weighted by molar-refractivity contribution is 7.99. The molecule has 5 aromatic carbocycles. The van der Waals surface area contributed by atoms with E-state index < -0.39 is 82.4 Å². The van der Waals surface area contributed by atoms with Crippen molar-refractivity contribution in [1.82, 2.24) is 29.6 Å². The summed E-state index contributed by atoms with van der Waals surface area (Å²) in [6.45, 7) is 14.0. The Balaban J connectivity index is 0.787. The Bertz CT molecular complexity index is 3670. The van der Waals surface area contributed by atoms with Crippen LogP contribution in [-0.2, 0) is 42.5 Å². The molecule has 4 heterocycles. The van der Waals surface area contributed by atoms with Gasteiger partial charge in [0.05, 0.1) is 17.1 Å². The molecule has 0 saturated carbocycles. The minimum Gasteiger partial charge on any atom is -0.380 e. The van der Waals surface area contributed by atoms with Crippen LogP contribution in [0.25, 0.3) is 5.57 Å². The van der Waals surface area contributed by atoms with Crippen molar-refractivity contribution in [3.8, 4) is 0 Å². The Morgan fingerprint density at radius 3 is 2.20 bits per heavy atom. The second kappa shape index (κ2) is 26.0. The summed E-state index contributed by atoms with van der Waals surface area (Å²) in [5.74, 6) is -2.83. The predicted molar refractivity (Wildman–Crippen MR) is 328 cm³/mol. The maximum Gasteiger partial charge on any atom is 0.501 e. The summed E-state index contributed by atoms with van der Waals surface area (Å²) < 4.78 is 117. The average molecular weight is 1280 g/mol. The molecule has 0 radical (unpaired) electrons. The van der Waals surface area contributed by atoms with E-state index in [2.05, 4.69) is 56.2 Å². The lowest BCUT2D eigenvalue weighted by atomic mass is 9.73. The van der Waals surface area contributed by atoms with Gasteiger partial charge in [-0.15, -0.1) is 11.8 Å². The number of imide groups is 1. The highest BCUT2D eigenvalue weighted by Gasteiger charge is 2.49. The molecule has 0 spiro atoms. The van der Waals surface area contributed by atoms with Gasteiger partial charge in [-0.2, -0.15) is 13.2 Å². The van der Waals surface area contributed by atoms with Crippen LogP contribution in [0.15, 0.2) is 129 Å². The van der Waals surface area contributed by atoms with Crippen LogP contribution in [0.3, 0.4) is 0 Å². The Hall–Kier alpha value is -6.34. The van der Waals surface area contributed by atoms with Gasteiger partial charge in [0.15, 0.2) is 0 Å². The minimum atomic E-state index is -6.18. The summed E-state index contributed by atoms with van der Waals surface area (Å²) in [5.41, 5.74) is -0.599. The van der Waals surface area contributed by atoms with Gasteiger partial charge in [0.25, 0.3) is 31.7 Å². The number of hydrogen-bond donors (Lipinski definition) is 3. The van der Waals surface area contributed by atoms with Crippen molar-refractivity contribution in [3.63, 3.8) is 0 Å². The van der Waals surface area contributed by atoms with Gasteiger partial charge in [-0.25, -0.2) is 25.9 Å². The van der Waals surface area contributed by atoms with Crippen molar-refractivity contribution in [2.45, 2.75) is 124 Å². The molecule has 1 aliphatic carbocycles. The van der Waals surface area contributed by atoms with Crippen molar-refractivity contribution < 1.29 is 53.6 Å². The Morgan fingerprint density at radius 2 is 1.53 bits per heavy atom. The Labute approximate surface area is 515 Å². The van der Waals surface area contributed by atoms with Crippen molar-refractivity contribution in [2.24, 2.45) is 5.41 Å². The molecular formula is C63H71ClF4N8O8S3. The molecule has 10 rings (SSSR count). The van der Waals surface area contributed by atoms with Crippen LogP contribution in [0.1, 0.15) is 104 Å². The van der Waals surface area contributed by atoms with E-state index in [4.69, 9.17) is 11.6 Å². The molecule has 16 nitrogen and oxygen atoms in total. The van der Waals surface area contributed by atoms with E-state index in [1.807, 2.05) is 61.0 Å². The molecule has 5 aliphatic rings. The molecule has 3 N–H and O–H groups in total. The van der Waals surface area contributed by atoms with Crippen molar-refractivity contribution >= 4 is 83.8 Å². The van der Waals surface area contributed by atoms with Gasteiger partial charge in [-0.05, 0) is 135 Å². The van der Waals surface area contributed by atoms with E-state index in [1.165, 1.54) is 45.5 Å². The number of rotatable bonds is 19. The van der Waals surface area contributed by atoms with E-state index >= 15 is 4.39 Å². The number of alkyl halides is 3. The summed E-state index contributed by atoms with van der Waals surface area (Å²) in [5, 5.41) is 5.99. The lowest BCUT2D eigenvalue weighted by Gasteiger charge is -2.45. The fourth-order valence-electron chi connectivity index (χ4n) is 12.6. The number of carbonyl (C=O) groups is 4. The number of thioether (sulfide) groups is 1. The first-order valence-electron chi connectivity index (χ1n) is 29.2. The SMILES string of the molecule is CC1CN(CC[C@H](CSc2ccccc2)Nc2ccc(S(=O)(=O)NC(=O)c3ccc(N4CCN(CC5=C(c6ccc(Cl)cc6)CCC(C)(C)C5)CC4)cc3)cc2S(=O)(=O)C(F)(F)F)CC(C)N1Cc1ccc2c(c1F)CN(C1CCC(=O)NC1=O)C2=O. The van der Waals surface area contributed by atoms with Crippen molar-refractivity contribution in [2.75, 3.05) is 68.3 Å². The first-order chi connectivity index (χ1) is 41.2. The van der Waals surface area contributed by atoms with Gasteiger partial charge < -0.3 is 20.0 Å². The number of piperidine rings is 1. The minimum absolute atomic E-state index is 0.0405. The molecule has 3 unspecified atom stereocenters. The lowest BCUT2D eigenvalue weighted by Crippen LogP contribution is -2.56.